The fourth-order valence-corrected chi connectivity index (χ4v) is 4.42. The van der Waals surface area contributed by atoms with Crippen molar-refractivity contribution in [3.63, 3.8) is 0 Å². The van der Waals surface area contributed by atoms with E-state index in [-0.39, 0.29) is 28.5 Å². The van der Waals surface area contributed by atoms with E-state index in [1.54, 1.807) is 4.57 Å². The van der Waals surface area contributed by atoms with Gasteiger partial charge in [0.15, 0.2) is 5.96 Å². The van der Waals surface area contributed by atoms with Crippen LogP contribution in [0, 0.1) is 0 Å². The summed E-state index contributed by atoms with van der Waals surface area (Å²) in [5, 5.41) is 4.27. The molecule has 0 aliphatic carbocycles. The molecule has 4 rings (SSSR count). The predicted molar refractivity (Wildman–Crippen MR) is 186 cm³/mol. The second-order valence-electron chi connectivity index (χ2n) is 13.5. The minimum atomic E-state index is -0.301. The summed E-state index contributed by atoms with van der Waals surface area (Å²) in [7, 11) is 0. The standard InChI is InChI=1S/C21H29N7O.C14H23NO/c1-21(2,3)17-11-15-13-28(20(29)27-18(15)26-17)16-7-5-14(6-8-16)12-24-9-4-10-25-19(22)23;1-11(15)8-9-16-13-7-5-6-12(10-13)14(2,3)4/h5-8,11,13,24H,4,9-10,12H2,1-3H3,(H4,22,23,25)(H,26,27,29);5-7,10-11H,8-9,15H2,1-4H3/t;11-/m.0/s1. The smallest absolute Gasteiger partial charge is 0.354 e. The van der Waals surface area contributed by atoms with Crippen LogP contribution in [0.25, 0.3) is 16.7 Å². The Hall–Kier alpha value is -4.15. The third-order valence-corrected chi connectivity index (χ3v) is 7.21. The molecule has 10 heteroatoms. The summed E-state index contributed by atoms with van der Waals surface area (Å²) in [4.78, 5) is 23.9. The molecule has 244 valence electrons. The zero-order valence-electron chi connectivity index (χ0n) is 28.0. The van der Waals surface area contributed by atoms with Gasteiger partial charge in [0.05, 0.1) is 12.3 Å². The van der Waals surface area contributed by atoms with Crippen molar-refractivity contribution in [3.05, 3.63) is 88.1 Å². The molecule has 10 nitrogen and oxygen atoms in total. The first-order valence-electron chi connectivity index (χ1n) is 15.6. The predicted octanol–water partition coefficient (Wildman–Crippen LogP) is 4.86. The van der Waals surface area contributed by atoms with Crippen LogP contribution < -0.4 is 32.9 Å². The minimum absolute atomic E-state index is 0.0352. The zero-order chi connectivity index (χ0) is 33.2. The van der Waals surface area contributed by atoms with E-state index in [1.165, 1.54) is 5.56 Å². The van der Waals surface area contributed by atoms with Crippen LogP contribution in [0.5, 0.6) is 5.75 Å². The highest BCUT2D eigenvalue weighted by atomic mass is 16.5. The van der Waals surface area contributed by atoms with Gasteiger partial charge < -0.3 is 32.2 Å². The van der Waals surface area contributed by atoms with Crippen LogP contribution in [0.1, 0.15) is 78.1 Å². The molecule has 0 amide bonds. The van der Waals surface area contributed by atoms with Gasteiger partial charge in [-0.3, -0.25) is 9.56 Å². The Morgan fingerprint density at radius 3 is 2.38 bits per heavy atom. The number of nitrogens with one attached hydrogen (secondary N) is 2. The molecular formula is C35H52N8O2. The number of aromatic nitrogens is 3. The maximum atomic E-state index is 12.5. The van der Waals surface area contributed by atoms with Gasteiger partial charge >= 0.3 is 5.69 Å². The molecule has 2 aromatic carbocycles. The molecule has 2 aromatic heterocycles. The summed E-state index contributed by atoms with van der Waals surface area (Å²) in [5.41, 5.74) is 21.0. The molecule has 2 heterocycles. The first kappa shape index (κ1) is 35.3. The average Bonchev–Trinajstić information content (AvgIpc) is 3.38. The molecule has 0 saturated carbocycles. The van der Waals surface area contributed by atoms with Crippen molar-refractivity contribution in [2.24, 2.45) is 22.2 Å². The van der Waals surface area contributed by atoms with E-state index in [9.17, 15) is 4.79 Å². The second-order valence-corrected chi connectivity index (χ2v) is 13.5. The fraction of sp³-hybridized carbons (Fsp3) is 0.457. The molecule has 0 fully saturated rings. The Bertz CT molecular complexity index is 1590. The van der Waals surface area contributed by atoms with Gasteiger partial charge in [-0.05, 0) is 73.2 Å². The van der Waals surface area contributed by atoms with Crippen molar-refractivity contribution in [3.8, 4) is 11.4 Å². The number of ether oxygens (including phenoxy) is 1. The monoisotopic (exact) mass is 616 g/mol. The Kier molecular flexibility index (Phi) is 12.3. The zero-order valence-corrected chi connectivity index (χ0v) is 28.0. The summed E-state index contributed by atoms with van der Waals surface area (Å²) in [6.45, 7) is 17.8. The topological polar surface area (TPSA) is 162 Å². The lowest BCUT2D eigenvalue weighted by molar-refractivity contribution is 0.300. The maximum absolute atomic E-state index is 12.5. The van der Waals surface area contributed by atoms with Gasteiger partial charge in [0.25, 0.3) is 0 Å². The van der Waals surface area contributed by atoms with Gasteiger partial charge in [-0.15, -0.1) is 0 Å². The number of fused-ring (bicyclic) bond motifs is 1. The molecule has 0 bridgehead atoms. The lowest BCUT2D eigenvalue weighted by Crippen LogP contribution is -2.23. The van der Waals surface area contributed by atoms with Crippen molar-refractivity contribution in [2.45, 2.75) is 84.7 Å². The molecule has 8 N–H and O–H groups in total. The van der Waals surface area contributed by atoms with E-state index in [0.29, 0.717) is 18.8 Å². The van der Waals surface area contributed by atoms with Crippen LogP contribution in [-0.2, 0) is 17.4 Å². The number of aromatic amines is 1. The van der Waals surface area contributed by atoms with Crippen molar-refractivity contribution >= 4 is 17.0 Å². The van der Waals surface area contributed by atoms with Crippen LogP contribution in [0.3, 0.4) is 0 Å². The summed E-state index contributed by atoms with van der Waals surface area (Å²) >= 11 is 0. The van der Waals surface area contributed by atoms with Crippen molar-refractivity contribution in [1.82, 2.24) is 19.9 Å². The SMILES string of the molecule is CC(C)(C)c1cc2cn(-c3ccc(CNCCCN=C(N)N)cc3)c(=O)nc2[nH]1.C[C@H](N)CCOc1cccc(C(C)(C)C)c1. The molecule has 0 aliphatic heterocycles. The van der Waals surface area contributed by atoms with E-state index in [1.807, 2.05) is 49.5 Å². The van der Waals surface area contributed by atoms with Crippen LogP contribution in [0.15, 0.2) is 70.6 Å². The third kappa shape index (κ3) is 11.4. The second kappa shape index (κ2) is 15.7. The first-order valence-corrected chi connectivity index (χ1v) is 15.6. The Balaban J connectivity index is 0.000000292. The number of rotatable bonds is 11. The molecule has 0 spiro atoms. The number of H-pyrrole nitrogens is 1. The Labute approximate surface area is 267 Å². The number of aliphatic imine (C=N–C) groups is 1. The number of hydrogen-bond donors (Lipinski definition) is 5. The molecule has 0 saturated heterocycles. The van der Waals surface area contributed by atoms with Crippen LogP contribution >= 0.6 is 0 Å². The highest BCUT2D eigenvalue weighted by Crippen LogP contribution is 2.26. The van der Waals surface area contributed by atoms with Crippen molar-refractivity contribution < 1.29 is 4.74 Å². The number of guanidine groups is 1. The van der Waals surface area contributed by atoms with E-state index in [4.69, 9.17) is 21.9 Å². The number of hydrogen-bond acceptors (Lipinski definition) is 6. The molecule has 45 heavy (non-hydrogen) atoms. The van der Waals surface area contributed by atoms with Crippen LogP contribution in [0.4, 0.5) is 0 Å². The largest absolute Gasteiger partial charge is 0.494 e. The summed E-state index contributed by atoms with van der Waals surface area (Å²) in [6.07, 6.45) is 3.59. The first-order chi connectivity index (χ1) is 21.1. The van der Waals surface area contributed by atoms with Crippen molar-refractivity contribution in [1.29, 1.82) is 0 Å². The van der Waals surface area contributed by atoms with Gasteiger partial charge in [-0.2, -0.15) is 4.98 Å². The Morgan fingerprint density at radius 2 is 1.76 bits per heavy atom. The molecule has 0 aliphatic rings. The lowest BCUT2D eigenvalue weighted by atomic mass is 9.87. The third-order valence-electron chi connectivity index (χ3n) is 7.21. The number of nitrogens with two attached hydrogens (primary N) is 3. The van der Waals surface area contributed by atoms with Gasteiger partial charge in [0.1, 0.15) is 11.4 Å². The van der Waals surface area contributed by atoms with Gasteiger partial charge in [-0.1, -0.05) is 65.8 Å². The fourth-order valence-electron chi connectivity index (χ4n) is 4.42. The van der Waals surface area contributed by atoms with Gasteiger partial charge in [0.2, 0.25) is 0 Å². The lowest BCUT2D eigenvalue weighted by Gasteiger charge is -2.19. The van der Waals surface area contributed by atoms with Gasteiger partial charge in [0, 0.05) is 41.8 Å². The highest BCUT2D eigenvalue weighted by molar-refractivity contribution is 5.76. The van der Waals surface area contributed by atoms with E-state index >= 15 is 0 Å². The average molecular weight is 617 g/mol. The minimum Gasteiger partial charge on any atom is -0.494 e. The van der Waals surface area contributed by atoms with Crippen LogP contribution in [0.2, 0.25) is 0 Å². The highest BCUT2D eigenvalue weighted by Gasteiger charge is 2.18. The number of nitrogens with zero attached hydrogens (tertiary/aromatic N) is 3. The van der Waals surface area contributed by atoms with Gasteiger partial charge in [-0.25, -0.2) is 4.79 Å². The summed E-state index contributed by atoms with van der Waals surface area (Å²) in [6, 6.07) is 18.4. The van der Waals surface area contributed by atoms with E-state index in [0.717, 1.165) is 54.0 Å². The number of benzene rings is 2. The quantitative estimate of drug-likeness (QED) is 0.0912. The summed E-state index contributed by atoms with van der Waals surface area (Å²) in [5.74, 6) is 1.06. The normalized spacial score (nSPS) is 12.4. The molecular weight excluding hydrogens is 564 g/mol. The summed E-state index contributed by atoms with van der Waals surface area (Å²) < 4.78 is 7.25. The van der Waals surface area contributed by atoms with Crippen LogP contribution in [-0.4, -0.2) is 46.2 Å². The van der Waals surface area contributed by atoms with E-state index in [2.05, 4.69) is 80.0 Å². The Morgan fingerprint density at radius 1 is 1.04 bits per heavy atom. The molecule has 0 radical (unpaired) electrons. The van der Waals surface area contributed by atoms with E-state index < -0.39 is 0 Å². The molecule has 1 atom stereocenters. The molecule has 4 aromatic rings. The molecule has 0 unspecified atom stereocenters. The van der Waals surface area contributed by atoms with Crippen molar-refractivity contribution in [2.75, 3.05) is 19.7 Å². The maximum Gasteiger partial charge on any atom is 0.354 e.